The van der Waals surface area contributed by atoms with Crippen molar-refractivity contribution in [3.8, 4) is 10.4 Å². The van der Waals surface area contributed by atoms with Crippen LogP contribution in [0.2, 0.25) is 0 Å². The van der Waals surface area contributed by atoms with Gasteiger partial charge in [0.05, 0.1) is 18.0 Å². The van der Waals surface area contributed by atoms with Gasteiger partial charge in [0.15, 0.2) is 0 Å². The van der Waals surface area contributed by atoms with Crippen molar-refractivity contribution >= 4 is 21.6 Å². The maximum atomic E-state index is 12.7. The van der Waals surface area contributed by atoms with E-state index in [0.717, 1.165) is 34.1 Å². The van der Waals surface area contributed by atoms with Gasteiger partial charge in [-0.05, 0) is 43.1 Å². The van der Waals surface area contributed by atoms with Crippen LogP contribution in [-0.4, -0.2) is 26.0 Å². The highest BCUT2D eigenvalue weighted by atomic mass is 32.1. The Morgan fingerprint density at radius 1 is 1.21 bits per heavy atom. The molecule has 0 bridgehead atoms. The number of thiophene rings is 1. The molecule has 28 heavy (non-hydrogen) atoms. The summed E-state index contributed by atoms with van der Waals surface area (Å²) in [6.45, 7) is 1.69. The van der Waals surface area contributed by atoms with Crippen molar-refractivity contribution in [2.75, 3.05) is 6.54 Å². The maximum Gasteiger partial charge on any atom is 0.259 e. The number of nitrogens with zero attached hydrogens (tertiary/aromatic N) is 3. The average Bonchev–Trinajstić information content (AvgIpc) is 3.42. The number of aromatic amines is 1. The fourth-order valence-electron chi connectivity index (χ4n) is 4.16. The predicted molar refractivity (Wildman–Crippen MR) is 113 cm³/mol. The van der Waals surface area contributed by atoms with E-state index < -0.39 is 0 Å². The maximum absolute atomic E-state index is 12.7. The van der Waals surface area contributed by atoms with Gasteiger partial charge in [0.1, 0.15) is 10.7 Å². The minimum Gasteiger partial charge on any atom is -0.353 e. The largest absolute Gasteiger partial charge is 0.353 e. The van der Waals surface area contributed by atoms with Crippen LogP contribution in [-0.2, 0) is 13.6 Å². The van der Waals surface area contributed by atoms with Gasteiger partial charge in [-0.2, -0.15) is 0 Å². The van der Waals surface area contributed by atoms with Crippen LogP contribution in [0.4, 0.5) is 0 Å². The normalized spacial score (nSPS) is 17.5. The minimum absolute atomic E-state index is 0.0481. The van der Waals surface area contributed by atoms with Crippen molar-refractivity contribution in [2.24, 2.45) is 7.05 Å². The summed E-state index contributed by atoms with van der Waals surface area (Å²) in [5.41, 5.74) is 2.39. The molecule has 1 aliphatic heterocycles. The number of fused-ring (bicyclic) bond motifs is 1. The zero-order valence-electron chi connectivity index (χ0n) is 15.8. The summed E-state index contributed by atoms with van der Waals surface area (Å²) in [5.74, 6) is 0.750. The molecule has 0 spiro atoms. The molecular formula is C22H22N4OS. The molecule has 0 aliphatic carbocycles. The van der Waals surface area contributed by atoms with E-state index in [4.69, 9.17) is 4.98 Å². The monoisotopic (exact) mass is 390 g/mol. The van der Waals surface area contributed by atoms with Gasteiger partial charge in [0, 0.05) is 23.8 Å². The fourth-order valence-corrected chi connectivity index (χ4v) is 5.22. The van der Waals surface area contributed by atoms with Crippen molar-refractivity contribution in [3.05, 3.63) is 76.6 Å². The van der Waals surface area contributed by atoms with Crippen LogP contribution in [0.1, 0.15) is 30.4 Å². The lowest BCUT2D eigenvalue weighted by Crippen LogP contribution is -2.26. The Hall–Kier alpha value is -2.70. The zero-order valence-corrected chi connectivity index (χ0v) is 16.6. The highest BCUT2D eigenvalue weighted by Crippen LogP contribution is 2.34. The summed E-state index contributed by atoms with van der Waals surface area (Å²) in [6, 6.07) is 16.8. The third-order valence-electron chi connectivity index (χ3n) is 5.55. The second-order valence-corrected chi connectivity index (χ2v) is 8.41. The molecular weight excluding hydrogens is 368 g/mol. The number of aromatic nitrogens is 3. The number of likely N-dealkylation sites (tertiary alicyclic amines) is 1. The molecule has 4 aromatic rings. The van der Waals surface area contributed by atoms with Crippen LogP contribution in [0, 0.1) is 0 Å². The predicted octanol–water partition coefficient (Wildman–Crippen LogP) is 4.33. The van der Waals surface area contributed by atoms with E-state index in [-0.39, 0.29) is 5.56 Å². The van der Waals surface area contributed by atoms with Gasteiger partial charge < -0.3 is 9.55 Å². The molecule has 1 aliphatic rings. The first kappa shape index (κ1) is 17.4. The molecule has 5 rings (SSSR count). The molecule has 142 valence electrons. The molecule has 0 amide bonds. The summed E-state index contributed by atoms with van der Waals surface area (Å²) >= 11 is 1.58. The Morgan fingerprint density at radius 2 is 2.07 bits per heavy atom. The van der Waals surface area contributed by atoms with E-state index in [1.807, 2.05) is 24.3 Å². The number of nitrogens with one attached hydrogen (secondary N) is 1. The van der Waals surface area contributed by atoms with Crippen molar-refractivity contribution in [2.45, 2.75) is 25.4 Å². The van der Waals surface area contributed by atoms with Gasteiger partial charge in [-0.1, -0.05) is 30.3 Å². The average molecular weight is 391 g/mol. The van der Waals surface area contributed by atoms with Crippen molar-refractivity contribution in [3.63, 3.8) is 0 Å². The number of hydrogen-bond donors (Lipinski definition) is 1. The molecule has 6 heteroatoms. The first-order valence-corrected chi connectivity index (χ1v) is 10.4. The summed E-state index contributed by atoms with van der Waals surface area (Å²) in [6.07, 6.45) is 4.40. The number of rotatable bonds is 4. The van der Waals surface area contributed by atoms with E-state index in [0.29, 0.717) is 18.0 Å². The third-order valence-corrected chi connectivity index (χ3v) is 6.63. The van der Waals surface area contributed by atoms with Crippen LogP contribution >= 0.6 is 11.3 Å². The van der Waals surface area contributed by atoms with Gasteiger partial charge in [-0.15, -0.1) is 11.3 Å². The Kier molecular flexibility index (Phi) is 4.37. The van der Waals surface area contributed by atoms with E-state index in [9.17, 15) is 4.79 Å². The second kappa shape index (κ2) is 7.04. The molecule has 3 aromatic heterocycles. The lowest BCUT2D eigenvalue weighted by Gasteiger charge is -2.24. The Labute approximate surface area is 167 Å². The summed E-state index contributed by atoms with van der Waals surface area (Å²) in [7, 11) is 2.09. The summed E-state index contributed by atoms with van der Waals surface area (Å²) in [4.78, 5) is 24.8. The van der Waals surface area contributed by atoms with Crippen LogP contribution in [0.5, 0.6) is 0 Å². The molecule has 0 radical (unpaired) electrons. The SMILES string of the molecule is Cn1cccc1[C@@H]1CCCN1Cc1nc2sc(-c3ccccc3)cc2c(=O)[nH]1. The molecule has 1 fully saturated rings. The molecule has 1 atom stereocenters. The minimum atomic E-state index is -0.0481. The van der Waals surface area contributed by atoms with Gasteiger partial charge in [0.2, 0.25) is 0 Å². The molecule has 4 heterocycles. The lowest BCUT2D eigenvalue weighted by molar-refractivity contribution is 0.235. The molecule has 1 aromatic carbocycles. The standard InChI is InChI=1S/C22H22N4OS/c1-25-11-5-9-17(25)18-10-6-12-26(18)14-20-23-21(27)16-13-19(28-22(16)24-20)15-7-3-2-4-8-15/h2-5,7-9,11,13,18H,6,10,12,14H2,1H3,(H,23,24,27)/t18-/m0/s1. The summed E-state index contributed by atoms with van der Waals surface area (Å²) < 4.78 is 2.19. The highest BCUT2D eigenvalue weighted by Gasteiger charge is 2.28. The van der Waals surface area contributed by atoms with Crippen LogP contribution < -0.4 is 5.56 Å². The van der Waals surface area contributed by atoms with E-state index in [1.54, 1.807) is 11.3 Å². The molecule has 5 nitrogen and oxygen atoms in total. The van der Waals surface area contributed by atoms with E-state index in [2.05, 4.69) is 52.0 Å². The first-order chi connectivity index (χ1) is 13.7. The fraction of sp³-hybridized carbons (Fsp3) is 0.273. The Morgan fingerprint density at radius 3 is 2.86 bits per heavy atom. The topological polar surface area (TPSA) is 53.9 Å². The number of hydrogen-bond acceptors (Lipinski definition) is 4. The van der Waals surface area contributed by atoms with Crippen molar-refractivity contribution in [1.82, 2.24) is 19.4 Å². The lowest BCUT2D eigenvalue weighted by atomic mass is 10.1. The van der Waals surface area contributed by atoms with Crippen LogP contribution in [0.15, 0.2) is 59.5 Å². The van der Waals surface area contributed by atoms with Gasteiger partial charge in [-0.3, -0.25) is 9.69 Å². The van der Waals surface area contributed by atoms with E-state index in [1.165, 1.54) is 12.1 Å². The quantitative estimate of drug-likeness (QED) is 0.564. The number of aryl methyl sites for hydroxylation is 1. The molecule has 1 N–H and O–H groups in total. The van der Waals surface area contributed by atoms with Crippen LogP contribution in [0.3, 0.4) is 0 Å². The Balaban J connectivity index is 1.46. The highest BCUT2D eigenvalue weighted by molar-refractivity contribution is 7.21. The van der Waals surface area contributed by atoms with E-state index >= 15 is 0 Å². The van der Waals surface area contributed by atoms with Crippen LogP contribution in [0.25, 0.3) is 20.7 Å². The van der Waals surface area contributed by atoms with Gasteiger partial charge >= 0.3 is 0 Å². The Bertz CT molecular complexity index is 1170. The number of benzene rings is 1. The second-order valence-electron chi connectivity index (χ2n) is 7.38. The first-order valence-electron chi connectivity index (χ1n) is 9.62. The van der Waals surface area contributed by atoms with Gasteiger partial charge in [-0.25, -0.2) is 4.98 Å². The molecule has 0 saturated carbocycles. The molecule has 1 saturated heterocycles. The summed E-state index contributed by atoms with van der Waals surface area (Å²) in [5, 5.41) is 0.674. The van der Waals surface area contributed by atoms with Crippen molar-refractivity contribution < 1.29 is 0 Å². The third kappa shape index (κ3) is 3.08. The van der Waals surface area contributed by atoms with Crippen molar-refractivity contribution in [1.29, 1.82) is 0 Å². The number of H-pyrrole nitrogens is 1. The molecule has 0 unspecified atom stereocenters. The zero-order chi connectivity index (χ0) is 19.1. The van der Waals surface area contributed by atoms with Gasteiger partial charge in [0.25, 0.3) is 5.56 Å². The smallest absolute Gasteiger partial charge is 0.259 e.